The Morgan fingerprint density at radius 1 is 1.07 bits per heavy atom. The number of amides is 2. The highest BCUT2D eigenvalue weighted by molar-refractivity contribution is 5.74. The van der Waals surface area contributed by atoms with Gasteiger partial charge >= 0.3 is 6.03 Å². The van der Waals surface area contributed by atoms with Crippen molar-refractivity contribution < 1.29 is 4.79 Å². The van der Waals surface area contributed by atoms with Crippen LogP contribution in [0.4, 0.5) is 4.79 Å². The Hall–Kier alpha value is -1.60. The summed E-state index contributed by atoms with van der Waals surface area (Å²) in [5, 5.41) is 3.29. The molecular formula is C20H34N6O. The zero-order valence-electron chi connectivity index (χ0n) is 16.6. The van der Waals surface area contributed by atoms with Crippen LogP contribution in [-0.4, -0.2) is 81.6 Å². The Morgan fingerprint density at radius 3 is 2.41 bits per heavy atom. The maximum Gasteiger partial charge on any atom is 0.317 e. The third kappa shape index (κ3) is 4.63. The van der Waals surface area contributed by atoms with E-state index in [1.807, 2.05) is 24.3 Å². The van der Waals surface area contributed by atoms with E-state index in [9.17, 15) is 4.79 Å². The Bertz CT molecular complexity index is 610. The number of urea groups is 1. The molecule has 0 unspecified atom stereocenters. The number of aryl methyl sites for hydroxylation is 1. The smallest absolute Gasteiger partial charge is 0.317 e. The average Bonchev–Trinajstić information content (AvgIpc) is 3.36. The van der Waals surface area contributed by atoms with Gasteiger partial charge in [-0.15, -0.1) is 0 Å². The highest BCUT2D eigenvalue weighted by Gasteiger charge is 2.29. The van der Waals surface area contributed by atoms with E-state index in [1.165, 1.54) is 25.7 Å². The highest BCUT2D eigenvalue weighted by atomic mass is 16.2. The molecule has 2 saturated heterocycles. The first-order valence-corrected chi connectivity index (χ1v) is 10.7. The molecule has 0 radical (unpaired) electrons. The Labute approximate surface area is 162 Å². The van der Waals surface area contributed by atoms with Gasteiger partial charge in [0, 0.05) is 70.8 Å². The van der Waals surface area contributed by atoms with Gasteiger partial charge in [0.1, 0.15) is 5.82 Å². The molecule has 3 aliphatic rings. The van der Waals surface area contributed by atoms with Gasteiger partial charge in [0.05, 0.1) is 6.54 Å². The quantitative estimate of drug-likeness (QED) is 0.871. The summed E-state index contributed by atoms with van der Waals surface area (Å²) in [5.41, 5.74) is 0. The number of carbonyl (C=O) groups is 1. The van der Waals surface area contributed by atoms with Crippen LogP contribution in [-0.2, 0) is 13.6 Å². The Kier molecular flexibility index (Phi) is 5.98. The van der Waals surface area contributed by atoms with E-state index in [4.69, 9.17) is 0 Å². The Balaban J connectivity index is 1.17. The highest BCUT2D eigenvalue weighted by Crippen LogP contribution is 2.26. The van der Waals surface area contributed by atoms with Crippen LogP contribution in [0.25, 0.3) is 0 Å². The number of nitrogens with one attached hydrogen (secondary N) is 1. The maximum absolute atomic E-state index is 12.6. The first kappa shape index (κ1) is 18.7. The number of likely N-dealkylation sites (tertiary alicyclic amines) is 1. The molecule has 0 atom stereocenters. The molecule has 27 heavy (non-hydrogen) atoms. The van der Waals surface area contributed by atoms with E-state index < -0.39 is 0 Å². The van der Waals surface area contributed by atoms with Crippen molar-refractivity contribution in [3.05, 3.63) is 18.2 Å². The molecule has 4 rings (SSSR count). The fraction of sp³-hybridized carbons (Fsp3) is 0.800. The van der Waals surface area contributed by atoms with Crippen LogP contribution in [0.5, 0.6) is 0 Å². The van der Waals surface area contributed by atoms with Crippen molar-refractivity contribution in [2.24, 2.45) is 7.05 Å². The lowest BCUT2D eigenvalue weighted by molar-refractivity contribution is 0.120. The molecule has 150 valence electrons. The lowest BCUT2D eigenvalue weighted by Crippen LogP contribution is -2.55. The lowest BCUT2D eigenvalue weighted by Gasteiger charge is -2.38. The monoisotopic (exact) mass is 374 g/mol. The first-order valence-electron chi connectivity index (χ1n) is 10.7. The van der Waals surface area contributed by atoms with Crippen LogP contribution in [0.1, 0.15) is 44.3 Å². The third-order valence-corrected chi connectivity index (χ3v) is 6.64. The summed E-state index contributed by atoms with van der Waals surface area (Å²) < 4.78 is 2.07. The van der Waals surface area contributed by atoms with E-state index >= 15 is 0 Å². The third-order valence-electron chi connectivity index (χ3n) is 6.64. The number of rotatable bonds is 4. The number of carbonyl (C=O) groups excluding carboxylic acids is 1. The lowest BCUT2D eigenvalue weighted by atomic mass is 10.0. The van der Waals surface area contributed by atoms with Crippen LogP contribution in [0.2, 0.25) is 0 Å². The van der Waals surface area contributed by atoms with Crippen molar-refractivity contribution in [1.82, 2.24) is 29.6 Å². The molecule has 0 spiro atoms. The van der Waals surface area contributed by atoms with Crippen molar-refractivity contribution in [3.63, 3.8) is 0 Å². The normalized spacial score (nSPS) is 23.8. The minimum Gasteiger partial charge on any atom is -0.337 e. The second-order valence-electron chi connectivity index (χ2n) is 8.42. The van der Waals surface area contributed by atoms with Crippen LogP contribution in [0.3, 0.4) is 0 Å². The maximum atomic E-state index is 12.6. The predicted molar refractivity (Wildman–Crippen MR) is 105 cm³/mol. The predicted octanol–water partition coefficient (Wildman–Crippen LogP) is 1.65. The van der Waals surface area contributed by atoms with Gasteiger partial charge in [0.2, 0.25) is 0 Å². The molecule has 1 N–H and O–H groups in total. The summed E-state index contributed by atoms with van der Waals surface area (Å²) in [6.45, 7) is 6.59. The van der Waals surface area contributed by atoms with Gasteiger partial charge < -0.3 is 19.7 Å². The molecule has 1 aromatic heterocycles. The van der Waals surface area contributed by atoms with E-state index in [0.29, 0.717) is 6.04 Å². The van der Waals surface area contributed by atoms with Crippen molar-refractivity contribution in [2.45, 2.75) is 57.2 Å². The molecule has 3 heterocycles. The minimum absolute atomic E-state index is 0.131. The molecule has 7 nitrogen and oxygen atoms in total. The van der Waals surface area contributed by atoms with Gasteiger partial charge in [-0.2, -0.15) is 0 Å². The molecule has 1 aliphatic carbocycles. The minimum atomic E-state index is 0.131. The van der Waals surface area contributed by atoms with E-state index in [-0.39, 0.29) is 6.03 Å². The summed E-state index contributed by atoms with van der Waals surface area (Å²) in [6, 6.07) is 1.29. The van der Waals surface area contributed by atoms with Crippen molar-refractivity contribution in [3.8, 4) is 0 Å². The number of piperidine rings is 1. The molecule has 1 saturated carbocycles. The van der Waals surface area contributed by atoms with Gasteiger partial charge in [-0.3, -0.25) is 4.90 Å². The second kappa shape index (κ2) is 8.61. The molecule has 1 aromatic rings. The average molecular weight is 375 g/mol. The number of hydrogen-bond acceptors (Lipinski definition) is 4. The summed E-state index contributed by atoms with van der Waals surface area (Å²) in [4.78, 5) is 24.1. The molecule has 0 aromatic carbocycles. The van der Waals surface area contributed by atoms with Gasteiger partial charge in [-0.25, -0.2) is 9.78 Å². The van der Waals surface area contributed by atoms with Crippen LogP contribution < -0.4 is 5.32 Å². The molecule has 3 fully saturated rings. The molecule has 7 heteroatoms. The second-order valence-corrected chi connectivity index (χ2v) is 8.42. The van der Waals surface area contributed by atoms with Crippen molar-refractivity contribution in [1.29, 1.82) is 0 Å². The molecule has 2 aliphatic heterocycles. The summed E-state index contributed by atoms with van der Waals surface area (Å²) in [5.74, 6) is 1.09. The number of hydrogen-bond donors (Lipinski definition) is 1. The molecule has 0 bridgehead atoms. The van der Waals surface area contributed by atoms with E-state index in [2.05, 4.69) is 24.7 Å². The first-order chi connectivity index (χ1) is 13.2. The fourth-order valence-corrected chi connectivity index (χ4v) is 4.80. The zero-order valence-corrected chi connectivity index (χ0v) is 16.6. The Morgan fingerprint density at radius 2 is 1.78 bits per heavy atom. The van der Waals surface area contributed by atoms with E-state index in [0.717, 1.165) is 70.5 Å². The number of aromatic nitrogens is 2. The molecular weight excluding hydrogens is 340 g/mol. The van der Waals surface area contributed by atoms with Gasteiger partial charge in [0.15, 0.2) is 0 Å². The standard InChI is InChI=1S/C20H34N6O/c1-23-11-8-21-19(23)16-24-12-14-26(15-13-24)20(27)22-17-6-9-25(10-7-17)18-4-2-3-5-18/h8,11,17-18H,2-7,9-10,12-16H2,1H3,(H,22,27). The van der Waals surface area contributed by atoms with Crippen LogP contribution >= 0.6 is 0 Å². The van der Waals surface area contributed by atoms with E-state index in [1.54, 1.807) is 0 Å². The number of nitrogens with zero attached hydrogens (tertiary/aromatic N) is 5. The SMILES string of the molecule is Cn1ccnc1CN1CCN(C(=O)NC2CCN(C3CCCC3)CC2)CC1. The summed E-state index contributed by atoms with van der Waals surface area (Å²) in [6.07, 6.45) is 11.6. The molecule has 2 amide bonds. The van der Waals surface area contributed by atoms with Gasteiger partial charge in [0.25, 0.3) is 0 Å². The summed E-state index contributed by atoms with van der Waals surface area (Å²) in [7, 11) is 2.03. The number of piperazine rings is 1. The fourth-order valence-electron chi connectivity index (χ4n) is 4.80. The number of imidazole rings is 1. The van der Waals surface area contributed by atoms with Gasteiger partial charge in [-0.1, -0.05) is 12.8 Å². The zero-order chi connectivity index (χ0) is 18.6. The van der Waals surface area contributed by atoms with Crippen LogP contribution in [0.15, 0.2) is 12.4 Å². The van der Waals surface area contributed by atoms with Gasteiger partial charge in [-0.05, 0) is 25.7 Å². The topological polar surface area (TPSA) is 56.6 Å². The van der Waals surface area contributed by atoms with Crippen LogP contribution in [0, 0.1) is 0 Å². The van der Waals surface area contributed by atoms with Crippen molar-refractivity contribution >= 4 is 6.03 Å². The summed E-state index contributed by atoms with van der Waals surface area (Å²) >= 11 is 0. The van der Waals surface area contributed by atoms with Crippen molar-refractivity contribution in [2.75, 3.05) is 39.3 Å². The largest absolute Gasteiger partial charge is 0.337 e.